The third kappa shape index (κ3) is 4.71. The van der Waals surface area contributed by atoms with Crippen LogP contribution >= 0.6 is 0 Å². The first-order valence-corrected chi connectivity index (χ1v) is 11.5. The smallest absolute Gasteiger partial charge is 0.322 e. The molecule has 2 aromatic carbocycles. The van der Waals surface area contributed by atoms with Crippen molar-refractivity contribution in [2.45, 2.75) is 36.2 Å². The van der Waals surface area contributed by atoms with Crippen molar-refractivity contribution in [3.63, 3.8) is 0 Å². The molecule has 9 nitrogen and oxygen atoms in total. The lowest BCUT2D eigenvalue weighted by atomic mass is 9.92. The number of anilines is 1. The molecule has 1 saturated heterocycles. The lowest BCUT2D eigenvalue weighted by Gasteiger charge is -2.21. The third-order valence-electron chi connectivity index (χ3n) is 5.27. The number of carbonyl (C=O) groups is 3. The Kier molecular flexibility index (Phi) is 5.57. The van der Waals surface area contributed by atoms with Crippen LogP contribution in [-0.2, 0) is 25.2 Å². The third-order valence-corrected chi connectivity index (χ3v) is 6.81. The van der Waals surface area contributed by atoms with Gasteiger partial charge in [-0.2, -0.15) is 0 Å². The highest BCUT2D eigenvalue weighted by atomic mass is 32.2. The molecule has 4 amide bonds. The molecule has 2 aromatic rings. The fourth-order valence-corrected chi connectivity index (χ4v) is 4.56. The van der Waals surface area contributed by atoms with Gasteiger partial charge in [0.1, 0.15) is 5.54 Å². The average Bonchev–Trinajstić information content (AvgIpc) is 3.50. The SMILES string of the molecule is CC1(c2cccc(NC(=O)C=Cc3ccc(S(=O)(=O)NC4CC4)cc3)c2)NC(=O)NC1=O. The van der Waals surface area contributed by atoms with E-state index in [4.69, 9.17) is 0 Å². The number of imide groups is 1. The summed E-state index contributed by atoms with van der Waals surface area (Å²) in [6, 6.07) is 12.3. The van der Waals surface area contributed by atoms with Gasteiger partial charge in [-0.1, -0.05) is 24.3 Å². The molecule has 4 N–H and O–H groups in total. The van der Waals surface area contributed by atoms with Gasteiger partial charge >= 0.3 is 6.03 Å². The number of rotatable bonds is 7. The molecular formula is C22H22N4O5S. The van der Waals surface area contributed by atoms with Gasteiger partial charge in [-0.3, -0.25) is 14.9 Å². The van der Waals surface area contributed by atoms with Crippen molar-refractivity contribution in [2.75, 3.05) is 5.32 Å². The van der Waals surface area contributed by atoms with Crippen LogP contribution in [-0.4, -0.2) is 32.3 Å². The van der Waals surface area contributed by atoms with Crippen LogP contribution in [0, 0.1) is 0 Å². The van der Waals surface area contributed by atoms with E-state index in [0.717, 1.165) is 12.8 Å². The highest BCUT2D eigenvalue weighted by molar-refractivity contribution is 7.89. The summed E-state index contributed by atoms with van der Waals surface area (Å²) in [5, 5.41) is 7.49. The lowest BCUT2D eigenvalue weighted by Crippen LogP contribution is -2.40. The van der Waals surface area contributed by atoms with Gasteiger partial charge in [0.05, 0.1) is 4.90 Å². The number of carbonyl (C=O) groups excluding carboxylic acids is 3. The Morgan fingerprint density at radius 3 is 2.47 bits per heavy atom. The van der Waals surface area contributed by atoms with Crippen molar-refractivity contribution in [3.8, 4) is 0 Å². The van der Waals surface area contributed by atoms with Crippen LogP contribution in [0.3, 0.4) is 0 Å². The lowest BCUT2D eigenvalue weighted by molar-refractivity contribution is -0.123. The van der Waals surface area contributed by atoms with Gasteiger partial charge in [-0.05, 0) is 61.2 Å². The van der Waals surface area contributed by atoms with Gasteiger partial charge in [0.2, 0.25) is 15.9 Å². The van der Waals surface area contributed by atoms with Crippen molar-refractivity contribution in [3.05, 3.63) is 65.7 Å². The zero-order valence-corrected chi connectivity index (χ0v) is 18.0. The van der Waals surface area contributed by atoms with Crippen LogP contribution in [0.4, 0.5) is 10.5 Å². The van der Waals surface area contributed by atoms with E-state index in [9.17, 15) is 22.8 Å². The Hall–Kier alpha value is -3.50. The van der Waals surface area contributed by atoms with Crippen LogP contribution in [0.25, 0.3) is 6.08 Å². The molecule has 1 atom stereocenters. The molecule has 1 aliphatic heterocycles. The maximum atomic E-state index is 12.3. The van der Waals surface area contributed by atoms with Gasteiger partial charge < -0.3 is 10.6 Å². The molecule has 166 valence electrons. The number of benzene rings is 2. The largest absolute Gasteiger partial charge is 0.323 e. The van der Waals surface area contributed by atoms with Gasteiger partial charge in [0, 0.05) is 17.8 Å². The quantitative estimate of drug-likeness (QED) is 0.374. The normalized spacial score (nSPS) is 20.8. The first kappa shape index (κ1) is 21.7. The van der Waals surface area contributed by atoms with Crippen molar-refractivity contribution in [1.29, 1.82) is 0 Å². The fraction of sp³-hybridized carbons (Fsp3) is 0.227. The molecule has 0 spiro atoms. The molecule has 1 saturated carbocycles. The summed E-state index contributed by atoms with van der Waals surface area (Å²) in [6.45, 7) is 1.58. The van der Waals surface area contributed by atoms with E-state index < -0.39 is 33.4 Å². The van der Waals surface area contributed by atoms with Crippen molar-refractivity contribution in [1.82, 2.24) is 15.4 Å². The minimum absolute atomic E-state index is 0.0312. The summed E-state index contributed by atoms with van der Waals surface area (Å²) in [5.41, 5.74) is 0.431. The summed E-state index contributed by atoms with van der Waals surface area (Å²) in [5.74, 6) is -0.872. The van der Waals surface area contributed by atoms with Gasteiger partial charge in [0.15, 0.2) is 0 Å². The number of nitrogens with one attached hydrogen (secondary N) is 4. The molecular weight excluding hydrogens is 432 g/mol. The van der Waals surface area contributed by atoms with E-state index in [1.165, 1.54) is 18.2 Å². The molecule has 1 aliphatic carbocycles. The highest BCUT2D eigenvalue weighted by Gasteiger charge is 2.43. The van der Waals surface area contributed by atoms with Crippen LogP contribution < -0.4 is 20.7 Å². The maximum Gasteiger partial charge on any atom is 0.322 e. The summed E-state index contributed by atoms with van der Waals surface area (Å²) >= 11 is 0. The maximum absolute atomic E-state index is 12.3. The van der Waals surface area contributed by atoms with E-state index in [2.05, 4.69) is 20.7 Å². The topological polar surface area (TPSA) is 133 Å². The Morgan fingerprint density at radius 1 is 1.12 bits per heavy atom. The van der Waals surface area contributed by atoms with Gasteiger partial charge in [-0.15, -0.1) is 0 Å². The second kappa shape index (κ2) is 8.21. The summed E-state index contributed by atoms with van der Waals surface area (Å²) in [4.78, 5) is 36.1. The summed E-state index contributed by atoms with van der Waals surface area (Å²) in [7, 11) is -3.52. The molecule has 2 fully saturated rings. The minimum Gasteiger partial charge on any atom is -0.323 e. The minimum atomic E-state index is -3.52. The Morgan fingerprint density at radius 2 is 1.84 bits per heavy atom. The van der Waals surface area contributed by atoms with E-state index >= 15 is 0 Å². The molecule has 0 aromatic heterocycles. The Balaban J connectivity index is 1.41. The molecule has 2 aliphatic rings. The molecule has 0 radical (unpaired) electrons. The molecule has 1 unspecified atom stereocenters. The standard InChI is InChI=1S/C22H22N4O5S/c1-22(20(28)24-21(29)25-22)15-3-2-4-17(13-15)23-19(27)12-7-14-5-10-18(11-6-14)32(30,31)26-16-8-9-16/h2-7,10-13,16,26H,8-9H2,1H3,(H,23,27)(H2,24,25,28,29). The van der Waals surface area contributed by atoms with E-state index in [0.29, 0.717) is 16.8 Å². The number of sulfonamides is 1. The fourth-order valence-electron chi connectivity index (χ4n) is 3.26. The number of hydrogen-bond acceptors (Lipinski definition) is 5. The van der Waals surface area contributed by atoms with E-state index in [1.807, 2.05) is 0 Å². The van der Waals surface area contributed by atoms with Crippen molar-refractivity contribution < 1.29 is 22.8 Å². The molecule has 10 heteroatoms. The number of hydrogen-bond donors (Lipinski definition) is 4. The van der Waals surface area contributed by atoms with Gasteiger partial charge in [-0.25, -0.2) is 17.9 Å². The first-order chi connectivity index (χ1) is 15.2. The van der Waals surface area contributed by atoms with Crippen LogP contribution in [0.1, 0.15) is 30.9 Å². The van der Waals surface area contributed by atoms with E-state index in [-0.39, 0.29) is 10.9 Å². The van der Waals surface area contributed by atoms with Crippen molar-refractivity contribution >= 4 is 39.6 Å². The second-order valence-corrected chi connectivity index (χ2v) is 9.62. The van der Waals surface area contributed by atoms with Crippen LogP contribution in [0.2, 0.25) is 0 Å². The Labute approximate surface area is 185 Å². The zero-order valence-electron chi connectivity index (χ0n) is 17.2. The number of urea groups is 1. The molecule has 4 rings (SSSR count). The van der Waals surface area contributed by atoms with Crippen LogP contribution in [0.5, 0.6) is 0 Å². The van der Waals surface area contributed by atoms with Crippen LogP contribution in [0.15, 0.2) is 59.5 Å². The molecule has 1 heterocycles. The average molecular weight is 455 g/mol. The van der Waals surface area contributed by atoms with E-state index in [1.54, 1.807) is 49.4 Å². The number of amides is 4. The second-order valence-electron chi connectivity index (χ2n) is 7.90. The van der Waals surface area contributed by atoms with Crippen molar-refractivity contribution in [2.24, 2.45) is 0 Å². The predicted octanol–water partition coefficient (Wildman–Crippen LogP) is 1.83. The highest BCUT2D eigenvalue weighted by Crippen LogP contribution is 2.26. The summed E-state index contributed by atoms with van der Waals surface area (Å²) in [6.07, 6.45) is 4.61. The molecule has 32 heavy (non-hydrogen) atoms. The van der Waals surface area contributed by atoms with Gasteiger partial charge in [0.25, 0.3) is 5.91 Å². The Bertz CT molecular complexity index is 1220. The predicted molar refractivity (Wildman–Crippen MR) is 118 cm³/mol. The zero-order chi connectivity index (χ0) is 22.9. The first-order valence-electron chi connectivity index (χ1n) is 10.0. The molecule has 0 bridgehead atoms. The monoisotopic (exact) mass is 454 g/mol. The summed E-state index contributed by atoms with van der Waals surface area (Å²) < 4.78 is 27.0.